The van der Waals surface area contributed by atoms with Crippen LogP contribution in [0.4, 0.5) is 23.7 Å². The molecule has 1 heterocycles. The van der Waals surface area contributed by atoms with Gasteiger partial charge in [0, 0.05) is 11.9 Å². The lowest BCUT2D eigenvalue weighted by molar-refractivity contribution is 0.192. The first-order valence-corrected chi connectivity index (χ1v) is 9.84. The molecule has 0 aliphatic rings. The van der Waals surface area contributed by atoms with Crippen LogP contribution in [0.15, 0.2) is 41.3 Å². The van der Waals surface area contributed by atoms with Crippen molar-refractivity contribution in [1.29, 1.82) is 0 Å². The van der Waals surface area contributed by atoms with Gasteiger partial charge in [0.2, 0.25) is 0 Å². The number of amides is 2. The smallest absolute Gasteiger partial charge is 0.320 e. The standard InChI is InChI=1S/C19H18B3ClF3N3O2/c1-8(11-7-27-17(30)15-10(11)3-5-14(25)16(15)26)29(19(20,21)22)18(31)28-9-2-4-13(24)12(23)6-9/h2-8H,20-22H2,1H3,(H,27,30)(H,28,31). The van der Waals surface area contributed by atoms with Gasteiger partial charge in [-0.3, -0.25) is 4.79 Å². The Morgan fingerprint density at radius 3 is 2.42 bits per heavy atom. The van der Waals surface area contributed by atoms with E-state index in [-0.39, 0.29) is 16.1 Å². The van der Waals surface area contributed by atoms with Crippen LogP contribution >= 0.6 is 11.6 Å². The second-order valence-electron chi connectivity index (χ2n) is 8.13. The number of pyridine rings is 1. The van der Waals surface area contributed by atoms with Gasteiger partial charge in [-0.15, -0.1) is 0 Å². The van der Waals surface area contributed by atoms with Crippen LogP contribution in [0.2, 0.25) is 5.02 Å². The molecule has 0 saturated carbocycles. The fourth-order valence-electron chi connectivity index (χ4n) is 3.61. The Labute approximate surface area is 184 Å². The number of carbonyl (C=O) groups excluding carboxylic acids is 1. The third kappa shape index (κ3) is 4.46. The van der Waals surface area contributed by atoms with Crippen LogP contribution in [-0.2, 0) is 0 Å². The van der Waals surface area contributed by atoms with E-state index < -0.39 is 45.7 Å². The lowest BCUT2D eigenvalue weighted by atomic mass is 9.48. The second-order valence-corrected chi connectivity index (χ2v) is 8.54. The van der Waals surface area contributed by atoms with Crippen LogP contribution in [0.1, 0.15) is 18.5 Å². The van der Waals surface area contributed by atoms with Crippen molar-refractivity contribution in [3.8, 4) is 0 Å². The van der Waals surface area contributed by atoms with Crippen LogP contribution in [0.25, 0.3) is 10.8 Å². The number of fused-ring (bicyclic) bond motifs is 1. The number of nitrogens with zero attached hydrogens (tertiary/aromatic N) is 1. The van der Waals surface area contributed by atoms with Gasteiger partial charge in [0.05, 0.1) is 16.5 Å². The van der Waals surface area contributed by atoms with E-state index in [0.29, 0.717) is 5.56 Å². The Morgan fingerprint density at radius 2 is 1.81 bits per heavy atom. The summed E-state index contributed by atoms with van der Waals surface area (Å²) in [6, 6.07) is 4.87. The van der Waals surface area contributed by atoms with Crippen LogP contribution in [0.3, 0.4) is 0 Å². The van der Waals surface area contributed by atoms with Crippen molar-refractivity contribution in [2.75, 3.05) is 5.32 Å². The molecule has 1 aromatic heterocycles. The van der Waals surface area contributed by atoms with Crippen molar-refractivity contribution in [2.45, 2.75) is 18.2 Å². The highest BCUT2D eigenvalue weighted by Crippen LogP contribution is 2.31. The number of aromatic amines is 1. The highest BCUT2D eigenvalue weighted by Gasteiger charge is 2.33. The van der Waals surface area contributed by atoms with Gasteiger partial charge < -0.3 is 15.2 Å². The van der Waals surface area contributed by atoms with Gasteiger partial charge in [-0.25, -0.2) is 18.0 Å². The molecule has 0 spiro atoms. The van der Waals surface area contributed by atoms with E-state index in [9.17, 15) is 22.8 Å². The van der Waals surface area contributed by atoms with Crippen molar-refractivity contribution in [2.24, 2.45) is 0 Å². The molecule has 2 amide bonds. The number of carbonyl (C=O) groups is 1. The molecule has 12 heteroatoms. The second kappa shape index (κ2) is 8.38. The SMILES string of the molecule is BC(B)(B)N(C(=O)Nc1ccc(F)c(Cl)c1)C(C)c1c[nH]c(=O)c2c(F)c(F)ccc12. The summed E-state index contributed by atoms with van der Waals surface area (Å²) in [6.45, 7) is 1.71. The average molecular weight is 445 g/mol. The predicted molar refractivity (Wildman–Crippen MR) is 124 cm³/mol. The van der Waals surface area contributed by atoms with E-state index in [4.69, 9.17) is 11.6 Å². The third-order valence-corrected chi connectivity index (χ3v) is 5.23. The minimum Gasteiger partial charge on any atom is -0.335 e. The van der Waals surface area contributed by atoms with Gasteiger partial charge in [-0.05, 0) is 47.4 Å². The van der Waals surface area contributed by atoms with Crippen LogP contribution < -0.4 is 10.9 Å². The molecule has 3 rings (SSSR count). The molecule has 0 aliphatic carbocycles. The zero-order valence-corrected chi connectivity index (χ0v) is 18.1. The molecule has 0 radical (unpaired) electrons. The number of anilines is 1. The molecule has 5 nitrogen and oxygen atoms in total. The highest BCUT2D eigenvalue weighted by atomic mass is 35.5. The summed E-state index contributed by atoms with van der Waals surface area (Å²) >= 11 is 5.79. The minimum atomic E-state index is -1.25. The number of halogens is 4. The Kier molecular flexibility index (Phi) is 6.18. The molecular weight excluding hydrogens is 427 g/mol. The lowest BCUT2D eigenvalue weighted by Crippen LogP contribution is -2.56. The highest BCUT2D eigenvalue weighted by molar-refractivity contribution is 6.59. The maximum absolute atomic E-state index is 14.3. The van der Waals surface area contributed by atoms with Gasteiger partial charge in [0.1, 0.15) is 29.4 Å². The summed E-state index contributed by atoms with van der Waals surface area (Å²) in [5.74, 6) is -3.00. The number of benzene rings is 2. The first-order chi connectivity index (χ1) is 14.4. The number of aromatic nitrogens is 1. The number of hydrogen-bond donors (Lipinski definition) is 2. The summed E-state index contributed by atoms with van der Waals surface area (Å²) in [7, 11) is 5.40. The van der Waals surface area contributed by atoms with Crippen LogP contribution in [0.5, 0.6) is 0 Å². The molecule has 31 heavy (non-hydrogen) atoms. The number of H-pyrrole nitrogens is 1. The summed E-state index contributed by atoms with van der Waals surface area (Å²) < 4.78 is 41.5. The lowest BCUT2D eigenvalue weighted by Gasteiger charge is -2.41. The summed E-state index contributed by atoms with van der Waals surface area (Å²) in [4.78, 5) is 29.2. The van der Waals surface area contributed by atoms with Gasteiger partial charge >= 0.3 is 6.03 Å². The van der Waals surface area contributed by atoms with Gasteiger partial charge in [0.15, 0.2) is 11.6 Å². The number of urea groups is 1. The van der Waals surface area contributed by atoms with Crippen molar-refractivity contribution in [1.82, 2.24) is 9.88 Å². The zero-order valence-electron chi connectivity index (χ0n) is 17.3. The van der Waals surface area contributed by atoms with E-state index in [2.05, 4.69) is 10.3 Å². The number of rotatable bonds is 4. The van der Waals surface area contributed by atoms with Crippen molar-refractivity contribution in [3.63, 3.8) is 0 Å². The molecule has 158 valence electrons. The molecule has 0 bridgehead atoms. The van der Waals surface area contributed by atoms with Gasteiger partial charge in [-0.1, -0.05) is 17.7 Å². The molecule has 0 fully saturated rings. The largest absolute Gasteiger partial charge is 0.335 e. The molecule has 0 aliphatic heterocycles. The fraction of sp³-hybridized carbons (Fsp3) is 0.158. The topological polar surface area (TPSA) is 65.2 Å². The molecule has 0 saturated heterocycles. The van der Waals surface area contributed by atoms with E-state index in [0.717, 1.165) is 12.1 Å². The predicted octanol–water partition coefficient (Wildman–Crippen LogP) is 1.70. The van der Waals surface area contributed by atoms with Crippen molar-refractivity contribution < 1.29 is 18.0 Å². The van der Waals surface area contributed by atoms with Crippen molar-refractivity contribution in [3.05, 3.63) is 74.9 Å². The van der Waals surface area contributed by atoms with Crippen LogP contribution in [-0.4, -0.2) is 44.7 Å². The van der Waals surface area contributed by atoms with Gasteiger partial charge in [0.25, 0.3) is 5.56 Å². The quantitative estimate of drug-likeness (QED) is 0.601. The van der Waals surface area contributed by atoms with E-state index in [1.165, 1.54) is 29.3 Å². The molecular formula is C19H18B3ClF3N3O2. The molecule has 3 aromatic rings. The first-order valence-electron chi connectivity index (χ1n) is 9.46. The Bertz CT molecular complexity index is 1230. The van der Waals surface area contributed by atoms with Gasteiger partial charge in [-0.2, -0.15) is 0 Å². The van der Waals surface area contributed by atoms with Crippen LogP contribution in [0, 0.1) is 17.5 Å². The number of hydrogen-bond acceptors (Lipinski definition) is 2. The zero-order chi connectivity index (χ0) is 23.1. The third-order valence-electron chi connectivity index (χ3n) is 4.94. The Hall–Kier alpha value is -2.81. The maximum atomic E-state index is 14.3. The minimum absolute atomic E-state index is 0.141. The normalized spacial score (nSPS) is 12.5. The summed E-state index contributed by atoms with van der Waals surface area (Å²) in [6.07, 6.45) is 1.38. The molecule has 2 aromatic carbocycles. The fourth-order valence-corrected chi connectivity index (χ4v) is 3.79. The summed E-state index contributed by atoms with van der Waals surface area (Å²) in [5.41, 5.74) is -0.0522. The maximum Gasteiger partial charge on any atom is 0.320 e. The van der Waals surface area contributed by atoms with Crippen molar-refractivity contribution >= 4 is 57.6 Å². The molecule has 1 atom stereocenters. The van der Waals surface area contributed by atoms with E-state index in [1.54, 1.807) is 30.5 Å². The van der Waals surface area contributed by atoms with E-state index in [1.807, 2.05) is 0 Å². The number of nitrogens with one attached hydrogen (secondary N) is 2. The Balaban J connectivity index is 2.07. The molecule has 1 unspecified atom stereocenters. The molecule has 2 N–H and O–H groups in total. The average Bonchev–Trinajstić information content (AvgIpc) is 2.66. The summed E-state index contributed by atoms with van der Waals surface area (Å²) in [5, 5.41) is 1.61. The van der Waals surface area contributed by atoms with E-state index >= 15 is 0 Å². The first kappa shape index (κ1) is 22.9. The Morgan fingerprint density at radius 1 is 1.16 bits per heavy atom. The monoisotopic (exact) mass is 445 g/mol.